The Hall–Kier alpha value is -2.18. The number of piperazine rings is 1. The Balaban J connectivity index is 1.66. The van der Waals surface area contributed by atoms with E-state index in [1.165, 1.54) is 5.56 Å². The van der Waals surface area contributed by atoms with Gasteiger partial charge in [0.25, 0.3) is 0 Å². The van der Waals surface area contributed by atoms with E-state index in [9.17, 15) is 9.90 Å². The Labute approximate surface area is 166 Å². The van der Waals surface area contributed by atoms with Crippen LogP contribution in [-0.2, 0) is 11.3 Å². The molecule has 2 saturated heterocycles. The van der Waals surface area contributed by atoms with Crippen LogP contribution in [0.2, 0.25) is 0 Å². The Kier molecular flexibility index (Phi) is 5.51. The fourth-order valence-electron chi connectivity index (χ4n) is 4.33. The van der Waals surface area contributed by atoms with Gasteiger partial charge in [-0.25, -0.2) is 4.98 Å². The van der Waals surface area contributed by atoms with E-state index < -0.39 is 0 Å². The Morgan fingerprint density at radius 3 is 2.82 bits per heavy atom. The largest absolute Gasteiger partial charge is 0.391 e. The molecule has 2 fully saturated rings. The van der Waals surface area contributed by atoms with Crippen LogP contribution in [0.25, 0.3) is 10.9 Å². The highest BCUT2D eigenvalue weighted by molar-refractivity contribution is 5.83. The molecule has 1 atom stereocenters. The number of β-amino-alcohol motifs (C(OH)–C–C–N with tert-alkyl or cyclic N) is 1. The lowest BCUT2D eigenvalue weighted by Gasteiger charge is -2.36. The number of amides is 1. The summed E-state index contributed by atoms with van der Waals surface area (Å²) in [6.45, 7) is 9.28. The third-order valence-electron chi connectivity index (χ3n) is 5.90. The average molecular weight is 383 g/mol. The van der Waals surface area contributed by atoms with Crippen molar-refractivity contribution in [2.45, 2.75) is 39.3 Å². The average Bonchev–Trinajstić information content (AvgIpc) is 2.67. The van der Waals surface area contributed by atoms with Crippen LogP contribution in [0.4, 0.5) is 5.82 Å². The number of hydrogen-bond donors (Lipinski definition) is 1. The number of rotatable bonds is 4. The molecule has 2 aliphatic heterocycles. The van der Waals surface area contributed by atoms with Gasteiger partial charge in [0, 0.05) is 50.2 Å². The lowest BCUT2D eigenvalue weighted by Crippen LogP contribution is -2.49. The molecule has 3 heterocycles. The lowest BCUT2D eigenvalue weighted by molar-refractivity contribution is -0.135. The number of aryl methyl sites for hydroxylation is 1. The van der Waals surface area contributed by atoms with Gasteiger partial charge in [0.2, 0.25) is 5.91 Å². The summed E-state index contributed by atoms with van der Waals surface area (Å²) in [5.74, 6) is 1.16. The van der Waals surface area contributed by atoms with Crippen LogP contribution in [0, 0.1) is 6.92 Å². The van der Waals surface area contributed by atoms with Gasteiger partial charge in [-0.3, -0.25) is 9.69 Å². The van der Waals surface area contributed by atoms with Crippen LogP contribution in [0.1, 0.15) is 30.9 Å². The number of pyridine rings is 1. The number of aliphatic hydroxyl groups excluding tert-OH is 1. The molecule has 28 heavy (non-hydrogen) atoms. The topological polar surface area (TPSA) is 59.9 Å². The highest BCUT2D eigenvalue weighted by Crippen LogP contribution is 2.28. The van der Waals surface area contributed by atoms with Crippen molar-refractivity contribution in [2.75, 3.05) is 44.2 Å². The summed E-state index contributed by atoms with van der Waals surface area (Å²) in [6, 6.07) is 8.55. The van der Waals surface area contributed by atoms with Crippen molar-refractivity contribution in [3.8, 4) is 0 Å². The molecule has 0 radical (unpaired) electrons. The van der Waals surface area contributed by atoms with Crippen LogP contribution >= 0.6 is 0 Å². The molecule has 1 aromatic carbocycles. The maximum Gasteiger partial charge on any atom is 0.236 e. The first-order valence-electron chi connectivity index (χ1n) is 10.4. The number of nitrogens with zero attached hydrogens (tertiary/aromatic N) is 4. The molecule has 0 unspecified atom stereocenters. The summed E-state index contributed by atoms with van der Waals surface area (Å²) < 4.78 is 0. The third-order valence-corrected chi connectivity index (χ3v) is 5.90. The van der Waals surface area contributed by atoms with Crippen LogP contribution in [0.3, 0.4) is 0 Å². The number of benzene rings is 1. The van der Waals surface area contributed by atoms with Crippen molar-refractivity contribution in [3.05, 3.63) is 35.4 Å². The van der Waals surface area contributed by atoms with Crippen LogP contribution < -0.4 is 4.90 Å². The molecule has 1 amide bonds. The minimum absolute atomic E-state index is 0.202. The van der Waals surface area contributed by atoms with Crippen molar-refractivity contribution in [1.29, 1.82) is 0 Å². The molecule has 1 N–H and O–H groups in total. The molecule has 0 bridgehead atoms. The van der Waals surface area contributed by atoms with Gasteiger partial charge in [-0.2, -0.15) is 0 Å². The lowest BCUT2D eigenvalue weighted by atomic mass is 10.0. The highest BCUT2D eigenvalue weighted by atomic mass is 16.3. The van der Waals surface area contributed by atoms with Crippen molar-refractivity contribution in [1.82, 2.24) is 14.8 Å². The van der Waals surface area contributed by atoms with E-state index in [0.29, 0.717) is 19.6 Å². The number of aliphatic hydroxyl groups is 1. The van der Waals surface area contributed by atoms with Gasteiger partial charge < -0.3 is 14.9 Å². The normalized spacial score (nSPS) is 21.5. The first-order valence-corrected chi connectivity index (χ1v) is 10.4. The second kappa shape index (κ2) is 8.05. The molecule has 150 valence electrons. The molecule has 2 aliphatic rings. The fraction of sp³-hybridized carbons (Fsp3) is 0.545. The summed E-state index contributed by atoms with van der Waals surface area (Å²) in [5.41, 5.74) is 3.34. The third kappa shape index (κ3) is 3.98. The van der Waals surface area contributed by atoms with Gasteiger partial charge in [-0.05, 0) is 44.9 Å². The number of carbonyl (C=O) groups is 1. The summed E-state index contributed by atoms with van der Waals surface area (Å²) in [6.07, 6.45) is 1.53. The minimum atomic E-state index is -0.299. The van der Waals surface area contributed by atoms with E-state index in [1.54, 1.807) is 0 Å². The number of carbonyl (C=O) groups excluding carboxylic acids is 1. The maximum absolute atomic E-state index is 12.3. The SMILES string of the molecule is CCN1CCN(Cc2cc3cc(C)ccc3nc2N2CCC[C@@H](O)C2)CC1=O. The number of fused-ring (bicyclic) bond motifs is 1. The Bertz CT molecular complexity index is 869. The second-order valence-corrected chi connectivity index (χ2v) is 8.09. The zero-order chi connectivity index (χ0) is 19.7. The van der Waals surface area contributed by atoms with Crippen LogP contribution in [0.5, 0.6) is 0 Å². The molecule has 4 rings (SSSR count). The number of hydrogen-bond acceptors (Lipinski definition) is 5. The van der Waals surface area contributed by atoms with E-state index in [1.807, 2.05) is 11.8 Å². The molecule has 2 aromatic rings. The number of aromatic nitrogens is 1. The predicted molar refractivity (Wildman–Crippen MR) is 111 cm³/mol. The smallest absolute Gasteiger partial charge is 0.236 e. The minimum Gasteiger partial charge on any atom is -0.391 e. The molecule has 1 aromatic heterocycles. The second-order valence-electron chi connectivity index (χ2n) is 8.09. The summed E-state index contributed by atoms with van der Waals surface area (Å²) in [5, 5.41) is 11.3. The Morgan fingerprint density at radius 1 is 1.21 bits per heavy atom. The van der Waals surface area contributed by atoms with Gasteiger partial charge in [0.05, 0.1) is 18.2 Å². The summed E-state index contributed by atoms with van der Waals surface area (Å²) in [7, 11) is 0. The van der Waals surface area contributed by atoms with Gasteiger partial charge in [0.1, 0.15) is 5.82 Å². The van der Waals surface area contributed by atoms with E-state index in [4.69, 9.17) is 4.98 Å². The van der Waals surface area contributed by atoms with Crippen molar-refractivity contribution < 1.29 is 9.90 Å². The van der Waals surface area contributed by atoms with Gasteiger partial charge in [-0.1, -0.05) is 11.6 Å². The Morgan fingerprint density at radius 2 is 2.07 bits per heavy atom. The zero-order valence-corrected chi connectivity index (χ0v) is 16.9. The highest BCUT2D eigenvalue weighted by Gasteiger charge is 2.26. The molecule has 6 heteroatoms. The van der Waals surface area contributed by atoms with Gasteiger partial charge in [0.15, 0.2) is 0 Å². The van der Waals surface area contributed by atoms with E-state index >= 15 is 0 Å². The summed E-state index contributed by atoms with van der Waals surface area (Å²) >= 11 is 0. The first kappa shape index (κ1) is 19.2. The zero-order valence-electron chi connectivity index (χ0n) is 16.9. The number of likely N-dealkylation sites (N-methyl/N-ethyl adjacent to an activating group) is 1. The van der Waals surface area contributed by atoms with Crippen LogP contribution in [0.15, 0.2) is 24.3 Å². The van der Waals surface area contributed by atoms with E-state index in [2.05, 4.69) is 41.0 Å². The first-order chi connectivity index (χ1) is 13.5. The molecule has 0 spiro atoms. The van der Waals surface area contributed by atoms with E-state index in [0.717, 1.165) is 61.3 Å². The van der Waals surface area contributed by atoms with Crippen molar-refractivity contribution in [3.63, 3.8) is 0 Å². The van der Waals surface area contributed by atoms with Crippen molar-refractivity contribution in [2.24, 2.45) is 0 Å². The fourth-order valence-corrected chi connectivity index (χ4v) is 4.33. The van der Waals surface area contributed by atoms with Crippen molar-refractivity contribution >= 4 is 22.6 Å². The predicted octanol–water partition coefficient (Wildman–Crippen LogP) is 2.17. The van der Waals surface area contributed by atoms with Gasteiger partial charge in [-0.15, -0.1) is 0 Å². The monoisotopic (exact) mass is 382 g/mol. The quantitative estimate of drug-likeness (QED) is 0.878. The van der Waals surface area contributed by atoms with E-state index in [-0.39, 0.29) is 12.0 Å². The van der Waals surface area contributed by atoms with Crippen LogP contribution in [-0.4, -0.2) is 71.2 Å². The summed E-state index contributed by atoms with van der Waals surface area (Å²) in [4.78, 5) is 23.7. The molecule has 0 saturated carbocycles. The molecule has 6 nitrogen and oxygen atoms in total. The molecular formula is C22H30N4O2. The molecule has 0 aliphatic carbocycles. The molecular weight excluding hydrogens is 352 g/mol. The standard InChI is InChI=1S/C22H30N4O2/c1-3-25-10-9-24(15-21(25)28)13-18-12-17-11-16(2)6-7-20(17)23-22(18)26-8-4-5-19(27)14-26/h6-7,11-12,19,27H,3-5,8-10,13-15H2,1-2H3/t19-/m1/s1. The number of anilines is 1. The van der Waals surface area contributed by atoms with Gasteiger partial charge >= 0.3 is 0 Å². The number of piperidine rings is 1. The maximum atomic E-state index is 12.3.